The van der Waals surface area contributed by atoms with Gasteiger partial charge in [0.2, 0.25) is 5.95 Å². The fourth-order valence-electron chi connectivity index (χ4n) is 9.86. The molecular weight excluding hydrogens is 703 g/mol. The number of hydrogen-bond acceptors (Lipinski definition) is 4. The van der Waals surface area contributed by atoms with E-state index in [0.717, 1.165) is 49.5 Å². The molecule has 0 radical (unpaired) electrons. The highest BCUT2D eigenvalue weighted by Gasteiger charge is 2.50. The molecule has 0 saturated heterocycles. The summed E-state index contributed by atoms with van der Waals surface area (Å²) < 4.78 is 8.98. The van der Waals surface area contributed by atoms with Gasteiger partial charge in [-0.05, 0) is 68.4 Å². The van der Waals surface area contributed by atoms with Crippen LogP contribution in [0.4, 0.5) is 0 Å². The second-order valence-corrected chi connectivity index (χ2v) is 15.9. The van der Waals surface area contributed by atoms with E-state index in [0.29, 0.717) is 11.5 Å². The van der Waals surface area contributed by atoms with E-state index in [1.165, 1.54) is 53.9 Å². The minimum atomic E-state index is -0.500. The molecule has 4 nitrogen and oxygen atoms in total. The normalized spacial score (nSPS) is 13.8. The van der Waals surface area contributed by atoms with Crippen molar-refractivity contribution >= 4 is 66.4 Å². The molecule has 8 aromatic carbocycles. The van der Waals surface area contributed by atoms with Gasteiger partial charge >= 0.3 is 0 Å². The van der Waals surface area contributed by atoms with E-state index in [1.54, 1.807) is 0 Å². The summed E-state index contributed by atoms with van der Waals surface area (Å²) in [4.78, 5) is 13.5. The molecule has 4 heterocycles. The molecule has 1 spiro atoms. The van der Waals surface area contributed by atoms with E-state index >= 15 is 0 Å². The number of fused-ring (bicyclic) bond motifs is 17. The molecule has 0 atom stereocenters. The quantitative estimate of drug-likeness (QED) is 0.178. The lowest BCUT2D eigenvalue weighted by molar-refractivity contribution is 0.666. The van der Waals surface area contributed by atoms with Gasteiger partial charge in [0, 0.05) is 31.5 Å². The molecule has 3 aromatic heterocycles. The third kappa shape index (κ3) is 3.80. The van der Waals surface area contributed by atoms with Crippen LogP contribution in [0.15, 0.2) is 190 Å². The molecule has 0 bridgehead atoms. The van der Waals surface area contributed by atoms with Gasteiger partial charge in [-0.2, -0.15) is 0 Å². The van der Waals surface area contributed by atoms with Gasteiger partial charge in [-0.15, -0.1) is 0 Å². The zero-order chi connectivity index (χ0) is 36.5. The Morgan fingerprint density at radius 3 is 1.96 bits per heavy atom. The van der Waals surface area contributed by atoms with Gasteiger partial charge in [0.05, 0.1) is 16.4 Å². The number of furan rings is 1. The summed E-state index contributed by atoms with van der Waals surface area (Å²) in [7, 11) is 0. The molecule has 5 heteroatoms. The van der Waals surface area contributed by atoms with Crippen molar-refractivity contribution in [2.45, 2.75) is 15.2 Å². The standard InChI is InChI=1S/C51H29N3OS/c1-2-16-31-30(14-1)15-13-21-35(31)45-48-46(37-20-6-11-26-43(37)55-48)53-50(52-45)54-42-25-10-5-19-34(42)36-28-29-41-49(47(36)54)56-44-27-12-9-24-40(44)51(41)38-22-7-3-17-32(38)33-18-4-8-23-39(33)51/h1-29H. The van der Waals surface area contributed by atoms with Crippen LogP contribution in [0.3, 0.4) is 0 Å². The maximum Gasteiger partial charge on any atom is 0.236 e. The Bertz CT molecular complexity index is 3430. The number of nitrogens with zero attached hydrogens (tertiary/aromatic N) is 3. The van der Waals surface area contributed by atoms with Crippen molar-refractivity contribution in [3.8, 4) is 28.3 Å². The number of para-hydroxylation sites is 2. The number of hydrogen-bond donors (Lipinski definition) is 0. The Kier molecular flexibility index (Phi) is 6.00. The first-order chi connectivity index (χ1) is 27.8. The first-order valence-corrected chi connectivity index (χ1v) is 19.8. The predicted octanol–water partition coefficient (Wildman–Crippen LogP) is 13.1. The van der Waals surface area contributed by atoms with Crippen LogP contribution in [0, 0.1) is 0 Å². The van der Waals surface area contributed by atoms with E-state index in [-0.39, 0.29) is 0 Å². The molecule has 11 aromatic rings. The van der Waals surface area contributed by atoms with Crippen LogP contribution in [0.25, 0.3) is 83.0 Å². The summed E-state index contributed by atoms with van der Waals surface area (Å²) in [6, 6.07) is 63.5. The molecule has 1 aliphatic carbocycles. The molecule has 260 valence electrons. The molecule has 0 fully saturated rings. The summed E-state index contributed by atoms with van der Waals surface area (Å²) in [5.74, 6) is 0.618. The SMILES string of the molecule is c1ccc2c(c1)Sc1c(ccc3c4ccccc4n(-c4nc(-c5cccc6ccccc56)c5oc6ccccc6c5n4)c13)C21c2ccccc2-c2ccccc21. The smallest absolute Gasteiger partial charge is 0.236 e. The fourth-order valence-corrected chi connectivity index (χ4v) is 11.2. The monoisotopic (exact) mass is 731 g/mol. The van der Waals surface area contributed by atoms with Crippen molar-refractivity contribution in [1.29, 1.82) is 0 Å². The number of rotatable bonds is 2. The summed E-state index contributed by atoms with van der Waals surface area (Å²) >= 11 is 1.86. The van der Waals surface area contributed by atoms with Gasteiger partial charge in [-0.25, -0.2) is 9.97 Å². The van der Waals surface area contributed by atoms with Crippen molar-refractivity contribution < 1.29 is 4.42 Å². The minimum Gasteiger partial charge on any atom is -0.452 e. The Labute approximate surface area is 325 Å². The van der Waals surface area contributed by atoms with E-state index in [9.17, 15) is 0 Å². The Morgan fingerprint density at radius 2 is 1.12 bits per heavy atom. The van der Waals surface area contributed by atoms with Crippen LogP contribution in [0.1, 0.15) is 22.3 Å². The van der Waals surface area contributed by atoms with Crippen LogP contribution >= 0.6 is 11.8 Å². The van der Waals surface area contributed by atoms with E-state index in [2.05, 4.69) is 168 Å². The highest BCUT2D eigenvalue weighted by atomic mass is 32.2. The summed E-state index contributed by atoms with van der Waals surface area (Å²) in [5.41, 5.74) is 13.6. The van der Waals surface area contributed by atoms with Crippen molar-refractivity contribution in [3.63, 3.8) is 0 Å². The van der Waals surface area contributed by atoms with Gasteiger partial charge in [-0.1, -0.05) is 163 Å². The van der Waals surface area contributed by atoms with E-state index in [4.69, 9.17) is 14.4 Å². The van der Waals surface area contributed by atoms with Crippen LogP contribution in [0.5, 0.6) is 0 Å². The van der Waals surface area contributed by atoms with Crippen molar-refractivity contribution in [2.24, 2.45) is 0 Å². The zero-order valence-corrected chi connectivity index (χ0v) is 30.7. The molecular formula is C51H29N3OS. The lowest BCUT2D eigenvalue weighted by Gasteiger charge is -2.40. The Morgan fingerprint density at radius 1 is 0.482 bits per heavy atom. The highest BCUT2D eigenvalue weighted by Crippen LogP contribution is 2.63. The molecule has 0 amide bonds. The summed E-state index contributed by atoms with van der Waals surface area (Å²) in [6.07, 6.45) is 0. The van der Waals surface area contributed by atoms with Gasteiger partial charge in [-0.3, -0.25) is 4.57 Å². The van der Waals surface area contributed by atoms with Crippen LogP contribution in [-0.4, -0.2) is 14.5 Å². The maximum atomic E-state index is 6.66. The largest absolute Gasteiger partial charge is 0.452 e. The fraction of sp³-hybridized carbons (Fsp3) is 0.0196. The van der Waals surface area contributed by atoms with Crippen LogP contribution in [-0.2, 0) is 5.41 Å². The first-order valence-electron chi connectivity index (χ1n) is 19.0. The van der Waals surface area contributed by atoms with Crippen molar-refractivity contribution in [3.05, 3.63) is 198 Å². The zero-order valence-electron chi connectivity index (χ0n) is 29.9. The van der Waals surface area contributed by atoms with Crippen LogP contribution in [0.2, 0.25) is 0 Å². The third-order valence-electron chi connectivity index (χ3n) is 12.1. The number of benzene rings is 8. The highest BCUT2D eigenvalue weighted by molar-refractivity contribution is 7.99. The Balaban J connectivity index is 1.20. The van der Waals surface area contributed by atoms with Gasteiger partial charge in [0.25, 0.3) is 0 Å². The third-order valence-corrected chi connectivity index (χ3v) is 13.3. The maximum absolute atomic E-state index is 6.66. The minimum absolute atomic E-state index is 0.500. The summed E-state index contributed by atoms with van der Waals surface area (Å²) in [6.45, 7) is 0. The average Bonchev–Trinajstić information content (AvgIpc) is 3.90. The molecule has 0 saturated carbocycles. The Hall–Kier alpha value is -6.95. The molecule has 2 aliphatic rings. The van der Waals surface area contributed by atoms with E-state index in [1.807, 2.05) is 23.9 Å². The second-order valence-electron chi connectivity index (χ2n) is 14.8. The van der Waals surface area contributed by atoms with Gasteiger partial charge in [0.15, 0.2) is 5.58 Å². The molecule has 56 heavy (non-hydrogen) atoms. The molecule has 1 aliphatic heterocycles. The summed E-state index contributed by atoms with van der Waals surface area (Å²) in [5, 5.41) is 5.58. The molecule has 13 rings (SSSR count). The average molecular weight is 732 g/mol. The topological polar surface area (TPSA) is 43.9 Å². The van der Waals surface area contributed by atoms with Crippen LogP contribution < -0.4 is 0 Å². The van der Waals surface area contributed by atoms with Crippen molar-refractivity contribution in [1.82, 2.24) is 14.5 Å². The second kappa shape index (κ2) is 11.1. The molecule has 0 unspecified atom stereocenters. The van der Waals surface area contributed by atoms with Crippen molar-refractivity contribution in [2.75, 3.05) is 0 Å². The number of aromatic nitrogens is 3. The van der Waals surface area contributed by atoms with E-state index < -0.39 is 5.41 Å². The predicted molar refractivity (Wildman–Crippen MR) is 228 cm³/mol. The first kappa shape index (κ1) is 30.4. The lowest BCUT2D eigenvalue weighted by atomic mass is 9.67. The lowest BCUT2D eigenvalue weighted by Crippen LogP contribution is -2.32. The molecule has 0 N–H and O–H groups in total. The van der Waals surface area contributed by atoms with Gasteiger partial charge in [0.1, 0.15) is 16.8 Å². The van der Waals surface area contributed by atoms with Gasteiger partial charge < -0.3 is 4.42 Å².